The molecular weight excluding hydrogens is 1250 g/mol. The van der Waals surface area contributed by atoms with Crippen molar-refractivity contribution in [1.82, 2.24) is 29.9 Å². The summed E-state index contributed by atoms with van der Waals surface area (Å²) in [4.78, 5) is 32.0. The average Bonchev–Trinajstić information content (AvgIpc) is 1.43. The maximum atomic E-state index is 6.92. The van der Waals surface area contributed by atoms with Gasteiger partial charge in [0.1, 0.15) is 28.2 Å². The molecular formula is C94H58N6O2. The number of para-hydroxylation sites is 1. The zero-order valence-corrected chi connectivity index (χ0v) is 55.0. The molecule has 4 heterocycles. The van der Waals surface area contributed by atoms with E-state index in [0.717, 1.165) is 177 Å². The third-order valence-electron chi connectivity index (χ3n) is 20.3. The van der Waals surface area contributed by atoms with Crippen molar-refractivity contribution in [1.29, 1.82) is 0 Å². The van der Waals surface area contributed by atoms with E-state index in [-0.39, 0.29) is 5.92 Å². The Hall–Kier alpha value is -13.6. The third-order valence-corrected chi connectivity index (χ3v) is 20.3. The van der Waals surface area contributed by atoms with Gasteiger partial charge >= 0.3 is 0 Å². The Morgan fingerprint density at radius 1 is 0.245 bits per heavy atom. The smallest absolute Gasteiger partial charge is 0.165 e. The van der Waals surface area contributed by atoms with Crippen LogP contribution in [0.5, 0.6) is 0 Å². The maximum absolute atomic E-state index is 6.92. The maximum Gasteiger partial charge on any atom is 0.165 e. The van der Waals surface area contributed by atoms with Crippen LogP contribution in [0.3, 0.4) is 0 Å². The normalized spacial score (nSPS) is 13.1. The molecule has 0 amide bonds. The standard InChI is InChI=1S/C94H58N6O2/c1-5-20-57(21-6-1)59-38-43-64(44-39-59)91-95-89(62-24-9-3-10-25-62)97-93(98-91)77-34-19-37-83-87(77)85-75(33-18-36-82(85)102-83)80-55-66-28-13-14-29-69(66)74-51-49-67(56-79(74)80)70-31-17-32-72-73(70)50-48-61-42-47-68(54-78(61)72)71-52-53-84-86(76-30-15-16-35-81(76)101-84)88(71)94-99-90(63-26-11-4-12-27-63)96-92(100-94)65-45-40-60(41-46-65)58-22-7-2-8-23-58/h1-24,26-56,62H,25H2. The van der Waals surface area contributed by atoms with Gasteiger partial charge in [-0.3, -0.25) is 0 Å². The highest BCUT2D eigenvalue weighted by molar-refractivity contribution is 6.23. The highest BCUT2D eigenvalue weighted by atomic mass is 16.3. The van der Waals surface area contributed by atoms with E-state index >= 15 is 0 Å². The first-order valence-corrected chi connectivity index (χ1v) is 34.6. The van der Waals surface area contributed by atoms with Crippen LogP contribution in [0.1, 0.15) is 18.2 Å². The second kappa shape index (κ2) is 24.2. The molecule has 0 aliphatic heterocycles. The molecule has 0 radical (unpaired) electrons. The number of allylic oxidation sites excluding steroid dienone is 4. The quantitative estimate of drug-likeness (QED) is 0.118. The molecule has 19 aromatic rings. The second-order valence-electron chi connectivity index (χ2n) is 26.3. The Labute approximate surface area is 586 Å². The van der Waals surface area contributed by atoms with Gasteiger partial charge in [0, 0.05) is 55.3 Å². The predicted molar refractivity (Wildman–Crippen MR) is 418 cm³/mol. The number of hydrogen-bond donors (Lipinski definition) is 0. The topological polar surface area (TPSA) is 104 Å². The predicted octanol–water partition coefficient (Wildman–Crippen LogP) is 24.7. The molecule has 1 atom stereocenters. The van der Waals surface area contributed by atoms with Crippen LogP contribution < -0.4 is 0 Å². The van der Waals surface area contributed by atoms with Crippen molar-refractivity contribution >= 4 is 87.0 Å². The van der Waals surface area contributed by atoms with Gasteiger partial charge in [-0.2, -0.15) is 0 Å². The summed E-state index contributed by atoms with van der Waals surface area (Å²) < 4.78 is 13.6. The molecule has 8 heteroatoms. The Morgan fingerprint density at radius 2 is 0.725 bits per heavy atom. The van der Waals surface area contributed by atoms with Crippen molar-refractivity contribution in [2.45, 2.75) is 12.3 Å². The zero-order valence-electron chi connectivity index (χ0n) is 55.0. The van der Waals surface area contributed by atoms with E-state index in [0.29, 0.717) is 29.1 Å². The first-order chi connectivity index (χ1) is 50.5. The van der Waals surface area contributed by atoms with Crippen LogP contribution in [-0.4, -0.2) is 29.9 Å². The molecule has 0 fully saturated rings. The van der Waals surface area contributed by atoms with Gasteiger partial charge in [-0.1, -0.05) is 285 Å². The van der Waals surface area contributed by atoms with Gasteiger partial charge < -0.3 is 8.83 Å². The van der Waals surface area contributed by atoms with Gasteiger partial charge in [0.05, 0.1) is 0 Å². The van der Waals surface area contributed by atoms with Gasteiger partial charge in [-0.25, -0.2) is 29.9 Å². The van der Waals surface area contributed by atoms with Crippen molar-refractivity contribution < 1.29 is 8.83 Å². The Balaban J connectivity index is 0.739. The number of furan rings is 2. The summed E-state index contributed by atoms with van der Waals surface area (Å²) in [6.07, 6.45) is 9.34. The van der Waals surface area contributed by atoms with Crippen LogP contribution >= 0.6 is 0 Å². The minimum Gasteiger partial charge on any atom is -0.456 e. The highest BCUT2D eigenvalue weighted by Gasteiger charge is 2.26. The fourth-order valence-corrected chi connectivity index (χ4v) is 15.4. The fraction of sp³-hybridized carbons (Fsp3) is 0.0213. The Bertz CT molecular complexity index is 6640. The molecule has 20 rings (SSSR count). The van der Waals surface area contributed by atoms with E-state index in [9.17, 15) is 0 Å². The van der Waals surface area contributed by atoms with Crippen LogP contribution in [0.15, 0.2) is 343 Å². The summed E-state index contributed by atoms with van der Waals surface area (Å²) in [5, 5.41) is 13.0. The molecule has 1 aliphatic rings. The fourth-order valence-electron chi connectivity index (χ4n) is 15.4. The van der Waals surface area contributed by atoms with Crippen LogP contribution in [0.25, 0.3) is 200 Å². The van der Waals surface area contributed by atoms with E-state index in [4.69, 9.17) is 38.7 Å². The number of hydrogen-bond acceptors (Lipinski definition) is 8. The van der Waals surface area contributed by atoms with Crippen LogP contribution in [0, 0.1) is 0 Å². The molecule has 8 nitrogen and oxygen atoms in total. The summed E-state index contributed by atoms with van der Waals surface area (Å²) in [6, 6.07) is 109. The summed E-state index contributed by atoms with van der Waals surface area (Å²) in [5.41, 5.74) is 18.4. The van der Waals surface area contributed by atoms with Gasteiger partial charge in [-0.05, 0) is 154 Å². The lowest BCUT2D eigenvalue weighted by Crippen LogP contribution is -2.08. The number of benzene rings is 15. The van der Waals surface area contributed by atoms with E-state index in [1.54, 1.807) is 0 Å². The summed E-state index contributed by atoms with van der Waals surface area (Å²) in [6.45, 7) is 0. The molecule has 4 aromatic heterocycles. The van der Waals surface area contributed by atoms with Gasteiger partial charge in [0.15, 0.2) is 29.1 Å². The van der Waals surface area contributed by atoms with Gasteiger partial charge in [0.2, 0.25) is 0 Å². The van der Waals surface area contributed by atoms with Crippen molar-refractivity contribution in [2.24, 2.45) is 0 Å². The largest absolute Gasteiger partial charge is 0.456 e. The molecule has 1 aliphatic carbocycles. The van der Waals surface area contributed by atoms with Gasteiger partial charge in [0.25, 0.3) is 0 Å². The molecule has 102 heavy (non-hydrogen) atoms. The van der Waals surface area contributed by atoms with Crippen molar-refractivity contribution in [2.75, 3.05) is 0 Å². The monoisotopic (exact) mass is 1300 g/mol. The lowest BCUT2D eigenvalue weighted by molar-refractivity contribution is 0.668. The summed E-state index contributed by atoms with van der Waals surface area (Å²) in [7, 11) is 0. The number of aromatic nitrogens is 6. The van der Waals surface area contributed by atoms with Crippen molar-refractivity contribution in [3.05, 3.63) is 340 Å². The van der Waals surface area contributed by atoms with Crippen molar-refractivity contribution in [3.63, 3.8) is 0 Å². The Morgan fingerprint density at radius 3 is 1.45 bits per heavy atom. The lowest BCUT2D eigenvalue weighted by Gasteiger charge is -2.16. The first-order valence-electron chi connectivity index (χ1n) is 34.6. The minimum atomic E-state index is -0.0157. The minimum absolute atomic E-state index is 0.0157. The molecule has 476 valence electrons. The number of nitrogens with zero attached hydrogens (tertiary/aromatic N) is 6. The number of rotatable bonds is 11. The average molecular weight is 1300 g/mol. The number of fused-ring (bicyclic) bond motifs is 12. The van der Waals surface area contributed by atoms with Crippen molar-refractivity contribution in [3.8, 4) is 113 Å². The summed E-state index contributed by atoms with van der Waals surface area (Å²) in [5.74, 6) is 3.64. The molecule has 1 unspecified atom stereocenters. The van der Waals surface area contributed by atoms with E-state index < -0.39 is 0 Å². The SMILES string of the molecule is C1=CCC(c2nc(-c3ccc(-c4ccccc4)cc3)nc(-c3cccc4oc5cccc(-c6cc7ccccc7c7ccc(-c8cccc9c8ccc8ccc(-c%10ccc%11oc%12ccccc%12c%11c%10-c%10nc(-c%11ccccc%11)nc(-c%11ccc(-c%12ccccc%12)cc%11)n%10)cc89)cc67)c5c34)n2)C=C1. The molecule has 0 bridgehead atoms. The lowest BCUT2D eigenvalue weighted by atomic mass is 9.87. The third kappa shape index (κ3) is 10.1. The van der Waals surface area contributed by atoms with Crippen LogP contribution in [0.2, 0.25) is 0 Å². The molecule has 0 N–H and O–H groups in total. The molecule has 0 saturated carbocycles. The van der Waals surface area contributed by atoms with Gasteiger partial charge in [-0.15, -0.1) is 0 Å². The molecule has 0 saturated heterocycles. The zero-order chi connectivity index (χ0) is 67.2. The van der Waals surface area contributed by atoms with E-state index in [2.05, 4.69) is 285 Å². The van der Waals surface area contributed by atoms with E-state index in [1.807, 2.05) is 48.5 Å². The Kier molecular flexibility index (Phi) is 13.9. The summed E-state index contributed by atoms with van der Waals surface area (Å²) >= 11 is 0. The molecule has 15 aromatic carbocycles. The first kappa shape index (κ1) is 58.6. The second-order valence-corrected chi connectivity index (χ2v) is 26.3. The van der Waals surface area contributed by atoms with E-state index in [1.165, 1.54) is 5.39 Å². The highest BCUT2D eigenvalue weighted by Crippen LogP contribution is 2.48. The van der Waals surface area contributed by atoms with Crippen LogP contribution in [0.4, 0.5) is 0 Å². The van der Waals surface area contributed by atoms with Crippen LogP contribution in [-0.2, 0) is 0 Å². The molecule has 0 spiro atoms.